The second-order valence-corrected chi connectivity index (χ2v) is 4.13. The molecule has 0 aromatic heterocycles. The quantitative estimate of drug-likeness (QED) is 0.666. The smallest absolute Gasteiger partial charge is 0.0491 e. The summed E-state index contributed by atoms with van der Waals surface area (Å²) in [5.74, 6) is 0.752. The Kier molecular flexibility index (Phi) is 5.15. The number of piperidine rings is 1. The molecule has 1 fully saturated rings. The lowest BCUT2D eigenvalue weighted by atomic mass is 9.97. The van der Waals surface area contributed by atoms with Crippen molar-refractivity contribution in [2.75, 3.05) is 39.9 Å². The first kappa shape index (κ1) is 11.7. The summed E-state index contributed by atoms with van der Waals surface area (Å²) >= 11 is 0. The maximum absolute atomic E-state index is 5.52. The maximum Gasteiger partial charge on any atom is 0.0491 e. The van der Waals surface area contributed by atoms with Gasteiger partial charge in [0.1, 0.15) is 0 Å². The molecule has 1 heterocycles. The fourth-order valence-electron chi connectivity index (χ4n) is 1.93. The number of nitrogens with two attached hydrogens (primary N) is 1. The van der Waals surface area contributed by atoms with Crippen molar-refractivity contribution in [1.82, 2.24) is 4.90 Å². The van der Waals surface area contributed by atoms with E-state index in [1.807, 2.05) is 0 Å². The van der Waals surface area contributed by atoms with Crippen molar-refractivity contribution in [3.8, 4) is 0 Å². The van der Waals surface area contributed by atoms with Crippen LogP contribution in [-0.4, -0.2) is 44.8 Å². The van der Waals surface area contributed by atoms with Crippen LogP contribution in [0.15, 0.2) is 12.2 Å². The number of nitrogens with zero attached hydrogens (tertiary/aromatic N) is 1. The van der Waals surface area contributed by atoms with E-state index in [1.165, 1.54) is 12.8 Å². The molecule has 3 heteroatoms. The lowest BCUT2D eigenvalue weighted by molar-refractivity contribution is 0.103. The van der Waals surface area contributed by atoms with Gasteiger partial charge in [0, 0.05) is 26.8 Å². The average molecular weight is 198 g/mol. The van der Waals surface area contributed by atoms with Crippen LogP contribution in [0.3, 0.4) is 0 Å². The third-order valence-corrected chi connectivity index (χ3v) is 2.85. The summed E-state index contributed by atoms with van der Waals surface area (Å²) in [6.45, 7) is 8.74. The highest BCUT2D eigenvalue weighted by Gasteiger charge is 2.18. The Morgan fingerprint density at radius 3 is 2.64 bits per heavy atom. The average Bonchev–Trinajstić information content (AvgIpc) is 2.21. The Bertz CT molecular complexity index is 174. The molecule has 82 valence electrons. The molecule has 2 N–H and O–H groups in total. The monoisotopic (exact) mass is 198 g/mol. The van der Waals surface area contributed by atoms with Crippen LogP contribution < -0.4 is 5.73 Å². The molecule has 0 radical (unpaired) electrons. The summed E-state index contributed by atoms with van der Waals surface area (Å²) in [7, 11) is 1.78. The van der Waals surface area contributed by atoms with E-state index in [0.29, 0.717) is 6.54 Å². The molecule has 0 saturated carbocycles. The molecule has 0 aromatic rings. The molecule has 3 nitrogen and oxygen atoms in total. The summed E-state index contributed by atoms with van der Waals surface area (Å²) in [5.41, 5.74) is 6.65. The Labute approximate surface area is 86.9 Å². The highest BCUT2D eigenvalue weighted by molar-refractivity contribution is 4.99. The summed E-state index contributed by atoms with van der Waals surface area (Å²) in [6, 6.07) is 0. The first-order valence-corrected chi connectivity index (χ1v) is 5.34. The van der Waals surface area contributed by atoms with Gasteiger partial charge < -0.3 is 10.5 Å². The molecule has 1 rings (SSSR count). The van der Waals surface area contributed by atoms with Gasteiger partial charge in [0.25, 0.3) is 0 Å². The minimum absolute atomic E-state index is 0.609. The molecule has 1 aliphatic rings. The van der Waals surface area contributed by atoms with Gasteiger partial charge in [-0.15, -0.1) is 0 Å². The lowest BCUT2D eigenvalue weighted by Gasteiger charge is -2.31. The molecule has 0 aliphatic carbocycles. The number of hydrogen-bond acceptors (Lipinski definition) is 3. The van der Waals surface area contributed by atoms with E-state index >= 15 is 0 Å². The minimum Gasteiger partial charge on any atom is -0.384 e. The van der Waals surface area contributed by atoms with Crippen molar-refractivity contribution in [3.63, 3.8) is 0 Å². The second kappa shape index (κ2) is 6.17. The maximum atomic E-state index is 5.52. The third kappa shape index (κ3) is 3.78. The summed E-state index contributed by atoms with van der Waals surface area (Å²) in [6.07, 6.45) is 2.48. The van der Waals surface area contributed by atoms with E-state index in [2.05, 4.69) is 11.5 Å². The largest absolute Gasteiger partial charge is 0.384 e. The SMILES string of the molecule is C=C(CN)CN1CCC(COC)CC1. The normalized spacial score (nSPS) is 19.9. The van der Waals surface area contributed by atoms with Gasteiger partial charge in [-0.05, 0) is 37.4 Å². The number of ether oxygens (including phenoxy) is 1. The molecular formula is C11H22N2O. The van der Waals surface area contributed by atoms with Crippen LogP contribution in [0.1, 0.15) is 12.8 Å². The van der Waals surface area contributed by atoms with Crippen LogP contribution in [0.2, 0.25) is 0 Å². The molecule has 0 spiro atoms. The van der Waals surface area contributed by atoms with Crippen molar-refractivity contribution in [1.29, 1.82) is 0 Å². The van der Waals surface area contributed by atoms with Crippen LogP contribution in [0.25, 0.3) is 0 Å². The number of rotatable bonds is 5. The van der Waals surface area contributed by atoms with E-state index in [-0.39, 0.29) is 0 Å². The summed E-state index contributed by atoms with van der Waals surface area (Å²) in [4.78, 5) is 2.43. The Morgan fingerprint density at radius 2 is 2.14 bits per heavy atom. The predicted molar refractivity (Wildman–Crippen MR) is 59.2 cm³/mol. The van der Waals surface area contributed by atoms with Crippen LogP contribution in [0, 0.1) is 5.92 Å². The zero-order valence-electron chi connectivity index (χ0n) is 9.17. The Morgan fingerprint density at radius 1 is 1.50 bits per heavy atom. The van der Waals surface area contributed by atoms with Crippen molar-refractivity contribution in [3.05, 3.63) is 12.2 Å². The Balaban J connectivity index is 2.18. The van der Waals surface area contributed by atoms with E-state index in [0.717, 1.165) is 37.7 Å². The fourth-order valence-corrected chi connectivity index (χ4v) is 1.93. The standard InChI is InChI=1S/C11H22N2O/c1-10(7-12)8-13-5-3-11(4-6-13)9-14-2/h11H,1,3-9,12H2,2H3. The molecule has 0 aromatic carbocycles. The van der Waals surface area contributed by atoms with Crippen molar-refractivity contribution < 1.29 is 4.74 Å². The molecule has 0 atom stereocenters. The second-order valence-electron chi connectivity index (χ2n) is 4.13. The van der Waals surface area contributed by atoms with Crippen molar-refractivity contribution in [2.24, 2.45) is 11.7 Å². The molecule has 0 unspecified atom stereocenters. The lowest BCUT2D eigenvalue weighted by Crippen LogP contribution is -2.36. The zero-order chi connectivity index (χ0) is 10.4. The highest BCUT2D eigenvalue weighted by atomic mass is 16.5. The molecule has 0 bridgehead atoms. The van der Waals surface area contributed by atoms with Crippen molar-refractivity contribution in [2.45, 2.75) is 12.8 Å². The first-order chi connectivity index (χ1) is 6.76. The van der Waals surface area contributed by atoms with Crippen LogP contribution in [-0.2, 0) is 4.74 Å². The van der Waals surface area contributed by atoms with Gasteiger partial charge in [-0.1, -0.05) is 6.58 Å². The molecule has 14 heavy (non-hydrogen) atoms. The third-order valence-electron chi connectivity index (χ3n) is 2.85. The van der Waals surface area contributed by atoms with Gasteiger partial charge in [0.2, 0.25) is 0 Å². The van der Waals surface area contributed by atoms with Crippen molar-refractivity contribution >= 4 is 0 Å². The van der Waals surface area contributed by atoms with Gasteiger partial charge in [-0.3, -0.25) is 4.90 Å². The Hall–Kier alpha value is -0.380. The number of methoxy groups -OCH3 is 1. The highest BCUT2D eigenvalue weighted by Crippen LogP contribution is 2.17. The van der Waals surface area contributed by atoms with E-state index in [4.69, 9.17) is 10.5 Å². The van der Waals surface area contributed by atoms with Gasteiger partial charge in [-0.2, -0.15) is 0 Å². The van der Waals surface area contributed by atoms with E-state index < -0.39 is 0 Å². The van der Waals surface area contributed by atoms with Gasteiger partial charge in [-0.25, -0.2) is 0 Å². The van der Waals surface area contributed by atoms with Gasteiger partial charge >= 0.3 is 0 Å². The van der Waals surface area contributed by atoms with E-state index in [1.54, 1.807) is 7.11 Å². The van der Waals surface area contributed by atoms with Gasteiger partial charge in [0.15, 0.2) is 0 Å². The first-order valence-electron chi connectivity index (χ1n) is 5.34. The van der Waals surface area contributed by atoms with Crippen LogP contribution in [0.5, 0.6) is 0 Å². The molecule has 1 saturated heterocycles. The van der Waals surface area contributed by atoms with E-state index in [9.17, 15) is 0 Å². The molecule has 1 aliphatic heterocycles. The fraction of sp³-hybridized carbons (Fsp3) is 0.818. The zero-order valence-corrected chi connectivity index (χ0v) is 9.17. The molecular weight excluding hydrogens is 176 g/mol. The molecule has 0 amide bonds. The number of hydrogen-bond donors (Lipinski definition) is 1. The summed E-state index contributed by atoms with van der Waals surface area (Å²) in [5, 5.41) is 0. The predicted octanol–water partition coefficient (Wildman–Crippen LogP) is 0.860. The van der Waals surface area contributed by atoms with Gasteiger partial charge in [0.05, 0.1) is 0 Å². The minimum atomic E-state index is 0.609. The van der Waals surface area contributed by atoms with Crippen LogP contribution >= 0.6 is 0 Å². The topological polar surface area (TPSA) is 38.5 Å². The summed E-state index contributed by atoms with van der Waals surface area (Å²) < 4.78 is 5.16. The van der Waals surface area contributed by atoms with Crippen LogP contribution in [0.4, 0.5) is 0 Å². The number of likely N-dealkylation sites (tertiary alicyclic amines) is 1.